The monoisotopic (exact) mass is 447 g/mol. The Bertz CT molecular complexity index is 2190. The molecular formula is C33H21NO. The summed E-state index contributed by atoms with van der Waals surface area (Å²) in [6.45, 7) is 4.77. The van der Waals surface area contributed by atoms with Crippen molar-refractivity contribution in [2.24, 2.45) is 0 Å². The molecule has 0 fully saturated rings. The normalized spacial score (nSPS) is 14.8. The minimum atomic E-state index is -0.0921. The van der Waals surface area contributed by atoms with Crippen LogP contribution in [-0.2, 0) is 5.41 Å². The predicted molar refractivity (Wildman–Crippen MR) is 146 cm³/mol. The molecule has 164 valence electrons. The Balaban J connectivity index is 1.66. The molecule has 1 aliphatic rings. The zero-order valence-electron chi connectivity index (χ0n) is 19.5. The lowest BCUT2D eigenvalue weighted by atomic mass is 9.80. The molecular weight excluding hydrogens is 426 g/mol. The zero-order valence-corrected chi connectivity index (χ0v) is 19.5. The predicted octanol–water partition coefficient (Wildman–Crippen LogP) is 9.04. The van der Waals surface area contributed by atoms with Crippen molar-refractivity contribution < 1.29 is 4.42 Å². The van der Waals surface area contributed by atoms with Crippen LogP contribution in [0, 0.1) is 0 Å². The second-order valence-electron chi connectivity index (χ2n) is 10.5. The van der Waals surface area contributed by atoms with Crippen molar-refractivity contribution in [3.05, 3.63) is 102 Å². The van der Waals surface area contributed by atoms with Crippen molar-refractivity contribution in [3.63, 3.8) is 0 Å². The second kappa shape index (κ2) is 5.67. The molecule has 3 aromatic heterocycles. The topological polar surface area (TPSA) is 17.6 Å². The van der Waals surface area contributed by atoms with Crippen molar-refractivity contribution in [2.75, 3.05) is 0 Å². The molecule has 0 bridgehead atoms. The van der Waals surface area contributed by atoms with Crippen molar-refractivity contribution >= 4 is 60.0 Å². The molecule has 0 unspecified atom stereocenters. The van der Waals surface area contributed by atoms with E-state index >= 15 is 0 Å². The zero-order chi connectivity index (χ0) is 23.1. The Labute approximate surface area is 201 Å². The minimum Gasteiger partial charge on any atom is -0.456 e. The Hall–Kier alpha value is -4.30. The fourth-order valence-electron chi connectivity index (χ4n) is 7.13. The molecule has 0 atom stereocenters. The molecule has 3 heterocycles. The van der Waals surface area contributed by atoms with E-state index in [1.54, 1.807) is 0 Å². The van der Waals surface area contributed by atoms with E-state index in [4.69, 9.17) is 4.42 Å². The first-order valence-electron chi connectivity index (χ1n) is 12.3. The summed E-state index contributed by atoms with van der Waals surface area (Å²) >= 11 is 0. The van der Waals surface area contributed by atoms with Crippen LogP contribution >= 0.6 is 0 Å². The van der Waals surface area contributed by atoms with Gasteiger partial charge in [-0.15, -0.1) is 0 Å². The number of aromatic nitrogens is 1. The highest BCUT2D eigenvalue weighted by Crippen LogP contribution is 2.55. The fourth-order valence-corrected chi connectivity index (χ4v) is 7.13. The van der Waals surface area contributed by atoms with E-state index in [0.717, 1.165) is 11.2 Å². The molecule has 0 amide bonds. The largest absolute Gasteiger partial charge is 0.456 e. The van der Waals surface area contributed by atoms with Crippen LogP contribution in [0.25, 0.3) is 71.2 Å². The summed E-state index contributed by atoms with van der Waals surface area (Å²) in [7, 11) is 0. The summed E-state index contributed by atoms with van der Waals surface area (Å²) in [4.78, 5) is 0. The quantitative estimate of drug-likeness (QED) is 0.227. The lowest BCUT2D eigenvalue weighted by Crippen LogP contribution is -2.15. The first kappa shape index (κ1) is 18.1. The Kier molecular flexibility index (Phi) is 2.93. The average molecular weight is 448 g/mol. The van der Waals surface area contributed by atoms with Crippen molar-refractivity contribution in [1.29, 1.82) is 0 Å². The van der Waals surface area contributed by atoms with Gasteiger partial charge in [0.25, 0.3) is 0 Å². The van der Waals surface area contributed by atoms with Crippen molar-refractivity contribution in [3.8, 4) is 11.1 Å². The summed E-state index contributed by atoms with van der Waals surface area (Å²) < 4.78 is 8.98. The van der Waals surface area contributed by atoms with E-state index in [1.807, 2.05) is 0 Å². The first-order valence-corrected chi connectivity index (χ1v) is 12.3. The lowest BCUT2D eigenvalue weighted by Gasteiger charge is -2.22. The maximum Gasteiger partial charge on any atom is 0.136 e. The van der Waals surface area contributed by atoms with E-state index in [9.17, 15) is 0 Å². The van der Waals surface area contributed by atoms with Gasteiger partial charge < -0.3 is 8.82 Å². The lowest BCUT2D eigenvalue weighted by molar-refractivity contribution is 0.666. The number of nitrogens with zero attached hydrogens (tertiary/aromatic N) is 1. The standard InChI is InChI=1S/C33H21NO/c1-33(2)23-12-6-3-9-18(23)20-15-16-25-29(31(20)33)30-28-21-11-5-8-14-26(21)35-27(28)17-22-19-10-4-7-13-24(19)34(25)32(22)30/h3-17H,1-2H3. The van der Waals surface area contributed by atoms with E-state index < -0.39 is 0 Å². The van der Waals surface area contributed by atoms with Crippen LogP contribution in [0.5, 0.6) is 0 Å². The third-order valence-electron chi connectivity index (χ3n) is 8.49. The number of benzene rings is 5. The molecule has 0 radical (unpaired) electrons. The molecule has 0 aliphatic heterocycles. The van der Waals surface area contributed by atoms with Crippen LogP contribution in [0.4, 0.5) is 0 Å². The van der Waals surface area contributed by atoms with Gasteiger partial charge in [0.15, 0.2) is 0 Å². The number of fused-ring (bicyclic) bond motifs is 14. The smallest absolute Gasteiger partial charge is 0.136 e. The Morgan fingerprint density at radius 2 is 1.37 bits per heavy atom. The van der Waals surface area contributed by atoms with Crippen molar-refractivity contribution in [2.45, 2.75) is 19.3 Å². The van der Waals surface area contributed by atoms with Gasteiger partial charge in [0, 0.05) is 37.7 Å². The molecule has 0 saturated heterocycles. The Morgan fingerprint density at radius 3 is 2.29 bits per heavy atom. The maximum absolute atomic E-state index is 6.48. The molecule has 35 heavy (non-hydrogen) atoms. The third-order valence-corrected chi connectivity index (χ3v) is 8.49. The molecule has 8 aromatic rings. The van der Waals surface area contributed by atoms with Gasteiger partial charge in [0.05, 0.1) is 16.6 Å². The fraction of sp³-hybridized carbons (Fsp3) is 0.0909. The van der Waals surface area contributed by atoms with Gasteiger partial charge >= 0.3 is 0 Å². The molecule has 9 rings (SSSR count). The number of hydrogen-bond acceptors (Lipinski definition) is 1. The highest BCUT2D eigenvalue weighted by atomic mass is 16.3. The van der Waals surface area contributed by atoms with Gasteiger partial charge in [-0.05, 0) is 46.5 Å². The molecule has 2 nitrogen and oxygen atoms in total. The SMILES string of the molecule is CC1(C)c2ccccc2-c2ccc3c(c21)c1c2c(cc4c5ccccc5n3c41)oc1ccccc12. The van der Waals surface area contributed by atoms with Crippen LogP contribution in [0.1, 0.15) is 25.0 Å². The van der Waals surface area contributed by atoms with Crippen LogP contribution in [0.3, 0.4) is 0 Å². The minimum absolute atomic E-state index is 0.0921. The van der Waals surface area contributed by atoms with Gasteiger partial charge in [0.2, 0.25) is 0 Å². The summed E-state index contributed by atoms with van der Waals surface area (Å²) in [5.74, 6) is 0. The van der Waals surface area contributed by atoms with Gasteiger partial charge in [-0.25, -0.2) is 0 Å². The van der Waals surface area contributed by atoms with Gasteiger partial charge in [0.1, 0.15) is 11.2 Å². The molecule has 1 aliphatic carbocycles. The highest BCUT2D eigenvalue weighted by Gasteiger charge is 2.38. The summed E-state index contributed by atoms with van der Waals surface area (Å²) in [6.07, 6.45) is 0. The van der Waals surface area contributed by atoms with Crippen LogP contribution < -0.4 is 0 Å². The summed E-state index contributed by atoms with van der Waals surface area (Å²) in [5.41, 5.74) is 11.2. The number of hydrogen-bond donors (Lipinski definition) is 0. The van der Waals surface area contributed by atoms with E-state index in [1.165, 1.54) is 71.1 Å². The molecule has 0 saturated carbocycles. The molecule has 5 aromatic carbocycles. The van der Waals surface area contributed by atoms with E-state index in [-0.39, 0.29) is 5.41 Å². The average Bonchev–Trinajstić information content (AvgIpc) is 3.58. The van der Waals surface area contributed by atoms with E-state index in [2.05, 4.69) is 109 Å². The molecule has 2 heteroatoms. The number of para-hydroxylation sites is 2. The number of rotatable bonds is 0. The van der Waals surface area contributed by atoms with Crippen LogP contribution in [0.2, 0.25) is 0 Å². The first-order chi connectivity index (χ1) is 17.1. The van der Waals surface area contributed by atoms with E-state index in [0.29, 0.717) is 0 Å². The highest BCUT2D eigenvalue weighted by molar-refractivity contribution is 6.35. The Morgan fingerprint density at radius 1 is 0.600 bits per heavy atom. The third kappa shape index (κ3) is 1.89. The van der Waals surface area contributed by atoms with Crippen molar-refractivity contribution in [1.82, 2.24) is 4.40 Å². The van der Waals surface area contributed by atoms with Gasteiger partial charge in [-0.3, -0.25) is 0 Å². The summed E-state index contributed by atoms with van der Waals surface area (Å²) in [5, 5.41) is 7.66. The second-order valence-corrected chi connectivity index (χ2v) is 10.5. The van der Waals surface area contributed by atoms with Gasteiger partial charge in [-0.2, -0.15) is 0 Å². The maximum atomic E-state index is 6.48. The molecule has 0 spiro atoms. The number of furan rings is 1. The van der Waals surface area contributed by atoms with Crippen LogP contribution in [0.15, 0.2) is 95.4 Å². The van der Waals surface area contributed by atoms with Crippen LogP contribution in [-0.4, -0.2) is 4.40 Å². The summed E-state index contributed by atoms with van der Waals surface area (Å²) in [6, 6.07) is 33.1. The molecule has 0 N–H and O–H groups in total. The van der Waals surface area contributed by atoms with Gasteiger partial charge in [-0.1, -0.05) is 80.6 Å².